The van der Waals surface area contributed by atoms with Crippen molar-refractivity contribution in [2.45, 2.75) is 0 Å². The lowest BCUT2D eigenvalue weighted by Crippen LogP contribution is -2.10. The van der Waals surface area contributed by atoms with Gasteiger partial charge in [0.15, 0.2) is 0 Å². The SMILES string of the molecule is Brc1ccc(N(c2ccc(Br)cc2)c2ccc(-c3ccc(-c4ccccc4)cc3)c(-c3ccccc3)c2)cc1. The first-order chi connectivity index (χ1) is 19.2. The normalized spacial score (nSPS) is 10.8. The Balaban J connectivity index is 1.49. The maximum Gasteiger partial charge on any atom is 0.0468 e. The van der Waals surface area contributed by atoms with E-state index in [4.69, 9.17) is 0 Å². The summed E-state index contributed by atoms with van der Waals surface area (Å²) in [5, 5.41) is 0. The van der Waals surface area contributed by atoms with Gasteiger partial charge in [0.05, 0.1) is 0 Å². The lowest BCUT2D eigenvalue weighted by molar-refractivity contribution is 1.28. The first kappa shape index (κ1) is 25.4. The second-order valence-electron chi connectivity index (χ2n) is 9.33. The van der Waals surface area contributed by atoms with E-state index < -0.39 is 0 Å². The van der Waals surface area contributed by atoms with Gasteiger partial charge < -0.3 is 4.90 Å². The van der Waals surface area contributed by atoms with Crippen LogP contribution >= 0.6 is 31.9 Å². The predicted molar refractivity (Wildman–Crippen MR) is 173 cm³/mol. The molecule has 6 aromatic carbocycles. The monoisotopic (exact) mass is 629 g/mol. The zero-order chi connectivity index (χ0) is 26.6. The van der Waals surface area contributed by atoms with Gasteiger partial charge in [0.1, 0.15) is 0 Å². The lowest BCUT2D eigenvalue weighted by Gasteiger charge is -2.27. The summed E-state index contributed by atoms with van der Waals surface area (Å²) in [6, 6.07) is 53.7. The number of benzene rings is 6. The van der Waals surface area contributed by atoms with Crippen LogP contribution in [0.1, 0.15) is 0 Å². The number of halogens is 2. The molecule has 0 heterocycles. The third-order valence-electron chi connectivity index (χ3n) is 6.82. The van der Waals surface area contributed by atoms with Crippen LogP contribution in [0.3, 0.4) is 0 Å². The summed E-state index contributed by atoms with van der Waals surface area (Å²) in [5.74, 6) is 0. The molecule has 0 aromatic heterocycles. The quantitative estimate of drug-likeness (QED) is 0.177. The van der Waals surface area contributed by atoms with Crippen LogP contribution in [-0.2, 0) is 0 Å². The van der Waals surface area contributed by atoms with Crippen LogP contribution in [0.15, 0.2) is 161 Å². The summed E-state index contributed by atoms with van der Waals surface area (Å²) in [5.41, 5.74) is 10.5. The molecule has 0 amide bonds. The highest BCUT2D eigenvalue weighted by Crippen LogP contribution is 2.41. The summed E-state index contributed by atoms with van der Waals surface area (Å²) < 4.78 is 2.11. The average molecular weight is 631 g/mol. The van der Waals surface area contributed by atoms with Gasteiger partial charge in [-0.1, -0.05) is 123 Å². The molecular weight excluding hydrogens is 606 g/mol. The fraction of sp³-hybridized carbons (Fsp3) is 0. The van der Waals surface area contributed by atoms with Crippen molar-refractivity contribution in [1.29, 1.82) is 0 Å². The van der Waals surface area contributed by atoms with Crippen LogP contribution in [0.25, 0.3) is 33.4 Å². The average Bonchev–Trinajstić information content (AvgIpc) is 3.00. The molecule has 0 aliphatic carbocycles. The Kier molecular flexibility index (Phi) is 7.44. The lowest BCUT2D eigenvalue weighted by atomic mass is 9.92. The molecule has 0 fully saturated rings. The maximum absolute atomic E-state index is 3.59. The molecule has 0 saturated carbocycles. The second-order valence-corrected chi connectivity index (χ2v) is 11.2. The number of anilines is 3. The van der Waals surface area contributed by atoms with Gasteiger partial charge >= 0.3 is 0 Å². The molecule has 0 bridgehead atoms. The molecule has 0 aliphatic heterocycles. The van der Waals surface area contributed by atoms with Crippen molar-refractivity contribution in [3.05, 3.63) is 161 Å². The van der Waals surface area contributed by atoms with E-state index in [9.17, 15) is 0 Å². The molecule has 39 heavy (non-hydrogen) atoms. The van der Waals surface area contributed by atoms with Crippen molar-refractivity contribution < 1.29 is 0 Å². The van der Waals surface area contributed by atoms with E-state index in [0.29, 0.717) is 0 Å². The smallest absolute Gasteiger partial charge is 0.0468 e. The Morgan fingerprint density at radius 2 is 0.744 bits per heavy atom. The number of hydrogen-bond acceptors (Lipinski definition) is 1. The molecule has 0 spiro atoms. The van der Waals surface area contributed by atoms with Crippen molar-refractivity contribution in [1.82, 2.24) is 0 Å². The van der Waals surface area contributed by atoms with Crippen molar-refractivity contribution in [2.75, 3.05) is 4.90 Å². The highest BCUT2D eigenvalue weighted by molar-refractivity contribution is 9.10. The van der Waals surface area contributed by atoms with Gasteiger partial charge in [0, 0.05) is 26.0 Å². The number of rotatable bonds is 6. The van der Waals surface area contributed by atoms with E-state index >= 15 is 0 Å². The molecule has 0 atom stereocenters. The van der Waals surface area contributed by atoms with E-state index in [-0.39, 0.29) is 0 Å². The van der Waals surface area contributed by atoms with E-state index in [1.165, 1.54) is 33.4 Å². The Bertz CT molecular complexity index is 1630. The first-order valence-electron chi connectivity index (χ1n) is 12.8. The third-order valence-corrected chi connectivity index (χ3v) is 7.88. The Hall–Kier alpha value is -3.92. The zero-order valence-electron chi connectivity index (χ0n) is 21.1. The van der Waals surface area contributed by atoms with E-state index in [1.807, 2.05) is 0 Å². The summed E-state index contributed by atoms with van der Waals surface area (Å²) in [6.07, 6.45) is 0. The summed E-state index contributed by atoms with van der Waals surface area (Å²) in [4.78, 5) is 2.30. The van der Waals surface area contributed by atoms with Crippen molar-refractivity contribution in [3.63, 3.8) is 0 Å². The van der Waals surface area contributed by atoms with Crippen molar-refractivity contribution in [2.24, 2.45) is 0 Å². The van der Waals surface area contributed by atoms with Gasteiger partial charge in [0.25, 0.3) is 0 Å². The highest BCUT2D eigenvalue weighted by atomic mass is 79.9. The zero-order valence-corrected chi connectivity index (χ0v) is 24.3. The minimum atomic E-state index is 1.06. The van der Waals surface area contributed by atoms with Gasteiger partial charge in [-0.15, -0.1) is 0 Å². The van der Waals surface area contributed by atoms with Gasteiger partial charge in [-0.25, -0.2) is 0 Å². The predicted octanol–water partition coefficient (Wildman–Crippen LogP) is 11.7. The molecule has 0 radical (unpaired) electrons. The topological polar surface area (TPSA) is 3.24 Å². The minimum Gasteiger partial charge on any atom is -0.310 e. The molecule has 0 aliphatic rings. The fourth-order valence-corrected chi connectivity index (χ4v) is 5.41. The van der Waals surface area contributed by atoms with E-state index in [0.717, 1.165) is 26.0 Å². The van der Waals surface area contributed by atoms with Gasteiger partial charge in [-0.2, -0.15) is 0 Å². The van der Waals surface area contributed by atoms with Crippen LogP contribution in [0.4, 0.5) is 17.1 Å². The largest absolute Gasteiger partial charge is 0.310 e. The second kappa shape index (κ2) is 11.4. The molecular formula is C36H25Br2N. The standard InChI is InChI=1S/C36H25Br2N/c37-30-15-19-32(20-16-30)39(33-21-17-31(38)18-22-33)34-23-24-35(36(25-34)28-9-5-2-6-10-28)29-13-11-27(12-14-29)26-7-3-1-4-8-26/h1-25H. The summed E-state index contributed by atoms with van der Waals surface area (Å²) in [6.45, 7) is 0. The summed E-state index contributed by atoms with van der Waals surface area (Å²) >= 11 is 7.18. The first-order valence-corrected chi connectivity index (χ1v) is 14.4. The Morgan fingerprint density at radius 3 is 1.28 bits per heavy atom. The molecule has 3 heteroatoms. The van der Waals surface area contributed by atoms with Crippen LogP contribution in [0, 0.1) is 0 Å². The number of nitrogens with zero attached hydrogens (tertiary/aromatic N) is 1. The fourth-order valence-electron chi connectivity index (χ4n) is 4.88. The van der Waals surface area contributed by atoms with Gasteiger partial charge in [0.2, 0.25) is 0 Å². The number of hydrogen-bond donors (Lipinski definition) is 0. The maximum atomic E-state index is 3.59. The van der Waals surface area contributed by atoms with Gasteiger partial charge in [-0.3, -0.25) is 0 Å². The van der Waals surface area contributed by atoms with Crippen LogP contribution < -0.4 is 4.90 Å². The Labute approximate surface area is 246 Å². The molecule has 0 saturated heterocycles. The Morgan fingerprint density at radius 1 is 0.333 bits per heavy atom. The van der Waals surface area contributed by atoms with Gasteiger partial charge in [-0.05, 0) is 94.0 Å². The van der Waals surface area contributed by atoms with Crippen molar-refractivity contribution in [3.8, 4) is 33.4 Å². The van der Waals surface area contributed by atoms with E-state index in [1.54, 1.807) is 0 Å². The molecule has 0 unspecified atom stereocenters. The van der Waals surface area contributed by atoms with Crippen LogP contribution in [-0.4, -0.2) is 0 Å². The molecule has 0 N–H and O–H groups in total. The minimum absolute atomic E-state index is 1.06. The van der Waals surface area contributed by atoms with Crippen LogP contribution in [0.2, 0.25) is 0 Å². The molecule has 1 nitrogen and oxygen atoms in total. The van der Waals surface area contributed by atoms with E-state index in [2.05, 4.69) is 188 Å². The highest BCUT2D eigenvalue weighted by Gasteiger charge is 2.16. The van der Waals surface area contributed by atoms with Crippen molar-refractivity contribution >= 4 is 48.9 Å². The third kappa shape index (κ3) is 5.61. The van der Waals surface area contributed by atoms with Crippen LogP contribution in [0.5, 0.6) is 0 Å². The molecule has 6 rings (SSSR count). The summed E-state index contributed by atoms with van der Waals surface area (Å²) in [7, 11) is 0. The molecule has 188 valence electrons. The molecule has 6 aromatic rings.